The van der Waals surface area contributed by atoms with Crippen molar-refractivity contribution in [3.63, 3.8) is 0 Å². The van der Waals surface area contributed by atoms with E-state index in [9.17, 15) is 22.8 Å². The molecule has 2 rings (SSSR count). The van der Waals surface area contributed by atoms with E-state index in [1.54, 1.807) is 6.07 Å². The average Bonchev–Trinajstić information content (AvgIpc) is 2.53. The van der Waals surface area contributed by atoms with Crippen LogP contribution in [-0.2, 0) is 26.0 Å². The molecule has 0 aliphatic heterocycles. The fraction of sp³-hybridized carbons (Fsp3) is 0.333. The molecule has 0 bridgehead atoms. The Morgan fingerprint density at radius 2 is 1.88 bits per heavy atom. The van der Waals surface area contributed by atoms with Gasteiger partial charge in [-0.05, 0) is 13.0 Å². The molecule has 2 aromatic heterocycles. The van der Waals surface area contributed by atoms with Crippen LogP contribution in [0.15, 0.2) is 26.7 Å². The van der Waals surface area contributed by atoms with E-state index in [0.29, 0.717) is 5.69 Å². The minimum absolute atomic E-state index is 0.0181. The van der Waals surface area contributed by atoms with Gasteiger partial charge in [-0.15, -0.1) is 0 Å². The molecule has 0 saturated heterocycles. The van der Waals surface area contributed by atoms with E-state index in [-0.39, 0.29) is 16.5 Å². The molecule has 0 unspecified atom stereocenters. The van der Waals surface area contributed by atoms with E-state index in [4.69, 9.17) is 5.26 Å². The van der Waals surface area contributed by atoms with Gasteiger partial charge in [-0.3, -0.25) is 13.9 Å². The number of hydrogen-bond acceptors (Lipinski definition) is 5. The van der Waals surface area contributed by atoms with Crippen LogP contribution in [0.2, 0.25) is 0 Å². The molecule has 2 heterocycles. The van der Waals surface area contributed by atoms with E-state index in [0.717, 1.165) is 22.4 Å². The standard InChI is InChI=1S/C15H13F3N4O2S/c1-8-4-11(15(16,17)18)10(6-19)13(20-8)25-7-9-5-12(23)22(3)14(24)21(9)2/h4-5H,7H2,1-3H3. The molecule has 0 radical (unpaired) electrons. The molecule has 25 heavy (non-hydrogen) atoms. The Bertz CT molecular complexity index is 986. The summed E-state index contributed by atoms with van der Waals surface area (Å²) in [5, 5.41) is 9.02. The van der Waals surface area contributed by atoms with Gasteiger partial charge in [0.15, 0.2) is 0 Å². The second kappa shape index (κ2) is 6.76. The zero-order valence-electron chi connectivity index (χ0n) is 13.5. The predicted octanol–water partition coefficient (Wildman–Crippen LogP) is 1.97. The van der Waals surface area contributed by atoms with Crippen LogP contribution >= 0.6 is 11.8 Å². The zero-order chi connectivity index (χ0) is 18.9. The van der Waals surface area contributed by atoms with Gasteiger partial charge in [-0.1, -0.05) is 11.8 Å². The van der Waals surface area contributed by atoms with Crippen molar-refractivity contribution in [2.24, 2.45) is 14.1 Å². The molecule has 0 spiro atoms. The van der Waals surface area contributed by atoms with Crippen molar-refractivity contribution in [3.05, 3.63) is 55.5 Å². The van der Waals surface area contributed by atoms with Crippen LogP contribution < -0.4 is 11.2 Å². The third kappa shape index (κ3) is 3.76. The fourth-order valence-electron chi connectivity index (χ4n) is 2.14. The Morgan fingerprint density at radius 3 is 2.44 bits per heavy atom. The van der Waals surface area contributed by atoms with Crippen molar-refractivity contribution in [2.75, 3.05) is 0 Å². The summed E-state index contributed by atoms with van der Waals surface area (Å²) in [5.41, 5.74) is -2.26. The van der Waals surface area contributed by atoms with E-state index in [2.05, 4.69) is 4.98 Å². The van der Waals surface area contributed by atoms with Crippen LogP contribution in [0.25, 0.3) is 0 Å². The summed E-state index contributed by atoms with van der Waals surface area (Å²) in [7, 11) is 2.78. The van der Waals surface area contributed by atoms with Crippen LogP contribution in [0, 0.1) is 18.3 Å². The van der Waals surface area contributed by atoms with Crippen LogP contribution in [0.3, 0.4) is 0 Å². The SMILES string of the molecule is Cc1cc(C(F)(F)F)c(C#N)c(SCc2cc(=O)n(C)c(=O)n2C)n1. The maximum absolute atomic E-state index is 13.1. The Balaban J connectivity index is 2.47. The van der Waals surface area contributed by atoms with Crippen molar-refractivity contribution < 1.29 is 13.2 Å². The fourth-order valence-corrected chi connectivity index (χ4v) is 3.21. The minimum Gasteiger partial charge on any atom is -0.300 e. The molecule has 10 heteroatoms. The van der Waals surface area contributed by atoms with Gasteiger partial charge in [-0.25, -0.2) is 9.78 Å². The first-order valence-electron chi connectivity index (χ1n) is 6.94. The summed E-state index contributed by atoms with van der Waals surface area (Å²) in [6.07, 6.45) is -4.68. The van der Waals surface area contributed by atoms with E-state index < -0.39 is 28.6 Å². The minimum atomic E-state index is -4.68. The number of nitriles is 1. The van der Waals surface area contributed by atoms with E-state index in [1.165, 1.54) is 31.7 Å². The quantitative estimate of drug-likeness (QED) is 0.772. The molecule has 0 saturated carbocycles. The number of halogens is 3. The molecule has 0 aromatic carbocycles. The summed E-state index contributed by atoms with van der Waals surface area (Å²) < 4.78 is 41.4. The molecule has 0 atom stereocenters. The number of rotatable bonds is 3. The van der Waals surface area contributed by atoms with Gasteiger partial charge in [0, 0.05) is 37.3 Å². The van der Waals surface area contributed by atoms with Crippen LogP contribution in [0.5, 0.6) is 0 Å². The molecule has 0 N–H and O–H groups in total. The van der Waals surface area contributed by atoms with Crippen LogP contribution in [-0.4, -0.2) is 14.1 Å². The largest absolute Gasteiger partial charge is 0.417 e. The number of hydrogen-bond donors (Lipinski definition) is 0. The van der Waals surface area contributed by atoms with Crippen molar-refractivity contribution in [1.29, 1.82) is 5.26 Å². The normalized spacial score (nSPS) is 11.4. The molecule has 132 valence electrons. The molecule has 0 aliphatic rings. The molecule has 6 nitrogen and oxygen atoms in total. The average molecular weight is 370 g/mol. The summed E-state index contributed by atoms with van der Waals surface area (Å²) in [5.74, 6) is 0.0181. The predicted molar refractivity (Wildman–Crippen MR) is 85.2 cm³/mol. The van der Waals surface area contributed by atoms with E-state index in [1.807, 2.05) is 0 Å². The lowest BCUT2D eigenvalue weighted by atomic mass is 10.1. The lowest BCUT2D eigenvalue weighted by Crippen LogP contribution is -2.37. The van der Waals surface area contributed by atoms with Crippen LogP contribution in [0.4, 0.5) is 13.2 Å². The molecule has 2 aromatic rings. The lowest BCUT2D eigenvalue weighted by Gasteiger charge is -2.13. The van der Waals surface area contributed by atoms with Gasteiger partial charge in [0.2, 0.25) is 0 Å². The number of pyridine rings is 1. The first-order valence-corrected chi connectivity index (χ1v) is 7.92. The highest BCUT2D eigenvalue weighted by molar-refractivity contribution is 7.98. The first kappa shape index (κ1) is 18.8. The maximum Gasteiger partial charge on any atom is 0.417 e. The highest BCUT2D eigenvalue weighted by atomic mass is 32.2. The molecular formula is C15H13F3N4O2S. The van der Waals surface area contributed by atoms with Crippen LogP contribution in [0.1, 0.15) is 22.5 Å². The van der Waals surface area contributed by atoms with Crippen molar-refractivity contribution >= 4 is 11.8 Å². The zero-order valence-corrected chi connectivity index (χ0v) is 14.3. The van der Waals surface area contributed by atoms with Crippen molar-refractivity contribution in [1.82, 2.24) is 14.1 Å². The highest BCUT2D eigenvalue weighted by Gasteiger charge is 2.35. The molecule has 0 aliphatic carbocycles. The third-order valence-electron chi connectivity index (χ3n) is 3.51. The topological polar surface area (TPSA) is 80.7 Å². The van der Waals surface area contributed by atoms with Gasteiger partial charge in [0.05, 0.1) is 11.1 Å². The summed E-state index contributed by atoms with van der Waals surface area (Å²) in [6, 6.07) is 3.58. The smallest absolute Gasteiger partial charge is 0.300 e. The second-order valence-corrected chi connectivity index (χ2v) is 6.23. The molecule has 0 amide bonds. The summed E-state index contributed by atoms with van der Waals surface area (Å²) >= 11 is 0.865. The summed E-state index contributed by atoms with van der Waals surface area (Å²) in [6.45, 7) is 1.40. The van der Waals surface area contributed by atoms with Gasteiger partial charge in [0.1, 0.15) is 11.1 Å². The molecular weight excluding hydrogens is 357 g/mol. The highest BCUT2D eigenvalue weighted by Crippen LogP contribution is 2.36. The molecule has 0 fully saturated rings. The van der Waals surface area contributed by atoms with Gasteiger partial charge < -0.3 is 0 Å². The Labute approximate surface area is 144 Å². The number of thioether (sulfide) groups is 1. The van der Waals surface area contributed by atoms with Crippen molar-refractivity contribution in [3.8, 4) is 6.07 Å². The summed E-state index contributed by atoms with van der Waals surface area (Å²) in [4.78, 5) is 27.6. The maximum atomic E-state index is 13.1. The lowest BCUT2D eigenvalue weighted by molar-refractivity contribution is -0.138. The monoisotopic (exact) mass is 370 g/mol. The number of aryl methyl sites for hydroxylation is 1. The Kier molecular flexibility index (Phi) is 5.08. The third-order valence-corrected chi connectivity index (χ3v) is 4.52. The number of nitrogens with zero attached hydrogens (tertiary/aromatic N) is 4. The Hall–Kier alpha value is -2.54. The Morgan fingerprint density at radius 1 is 1.24 bits per heavy atom. The van der Waals surface area contributed by atoms with Crippen molar-refractivity contribution in [2.45, 2.75) is 23.9 Å². The van der Waals surface area contributed by atoms with E-state index >= 15 is 0 Å². The van der Waals surface area contributed by atoms with Gasteiger partial charge >= 0.3 is 11.9 Å². The number of alkyl halides is 3. The second-order valence-electron chi connectivity index (χ2n) is 5.26. The van der Waals surface area contributed by atoms with Gasteiger partial charge in [0.25, 0.3) is 5.56 Å². The van der Waals surface area contributed by atoms with Gasteiger partial charge in [-0.2, -0.15) is 18.4 Å². The first-order chi connectivity index (χ1) is 11.6. The number of aromatic nitrogens is 3.